The first-order valence-electron chi connectivity index (χ1n) is 9.44. The largest absolute Gasteiger partial charge is 0.353 e. The van der Waals surface area contributed by atoms with E-state index < -0.39 is 5.82 Å². The molecule has 0 bridgehead atoms. The molecule has 29 heavy (non-hydrogen) atoms. The number of hydrogen-bond donors (Lipinski definition) is 2. The van der Waals surface area contributed by atoms with Crippen LogP contribution in [0.4, 0.5) is 15.9 Å². The Hall–Kier alpha value is -2.93. The molecule has 1 aromatic carbocycles. The normalized spacial score (nSPS) is 13.4. The molecular formula is C21H21ClFN5O. The first kappa shape index (κ1) is 19.4. The van der Waals surface area contributed by atoms with Crippen LogP contribution in [0.5, 0.6) is 0 Å². The summed E-state index contributed by atoms with van der Waals surface area (Å²) in [6.45, 7) is 3.81. The van der Waals surface area contributed by atoms with E-state index in [0.29, 0.717) is 11.5 Å². The van der Waals surface area contributed by atoms with Crippen LogP contribution in [0.2, 0.25) is 5.02 Å². The van der Waals surface area contributed by atoms with Crippen molar-refractivity contribution in [3.8, 4) is 5.69 Å². The van der Waals surface area contributed by atoms with E-state index in [1.54, 1.807) is 22.9 Å². The summed E-state index contributed by atoms with van der Waals surface area (Å²) in [7, 11) is 0. The first-order valence-corrected chi connectivity index (χ1v) is 9.82. The Labute approximate surface area is 173 Å². The third-order valence-corrected chi connectivity index (χ3v) is 4.88. The van der Waals surface area contributed by atoms with Crippen LogP contribution in [-0.4, -0.2) is 26.7 Å². The Morgan fingerprint density at radius 3 is 2.66 bits per heavy atom. The van der Waals surface area contributed by atoms with Crippen LogP contribution in [0, 0.1) is 19.7 Å². The van der Waals surface area contributed by atoms with E-state index in [9.17, 15) is 9.18 Å². The summed E-state index contributed by atoms with van der Waals surface area (Å²) in [4.78, 5) is 16.8. The van der Waals surface area contributed by atoms with Crippen LogP contribution in [0.15, 0.2) is 36.4 Å². The minimum Gasteiger partial charge on any atom is -0.353 e. The second-order valence-corrected chi connectivity index (χ2v) is 7.69. The maximum Gasteiger partial charge on any atom is 0.226 e. The van der Waals surface area contributed by atoms with Gasteiger partial charge in [-0.2, -0.15) is 0 Å². The fourth-order valence-corrected chi connectivity index (χ4v) is 3.35. The van der Waals surface area contributed by atoms with Crippen LogP contribution < -0.4 is 10.6 Å². The second-order valence-electron chi connectivity index (χ2n) is 7.29. The zero-order valence-electron chi connectivity index (χ0n) is 16.2. The highest BCUT2D eigenvalue weighted by molar-refractivity contribution is 6.31. The highest BCUT2D eigenvalue weighted by Crippen LogP contribution is 2.26. The van der Waals surface area contributed by atoms with Gasteiger partial charge in [0.2, 0.25) is 5.91 Å². The SMILES string of the molecule is Cc1cc(-n2nc(Nc3cccc(Cl)c3F)cc2CC(=O)NC2CC2)cc(C)n1. The Morgan fingerprint density at radius 1 is 1.24 bits per heavy atom. The van der Waals surface area contributed by atoms with Crippen LogP contribution in [-0.2, 0) is 11.2 Å². The lowest BCUT2D eigenvalue weighted by Gasteiger charge is -2.09. The zero-order valence-corrected chi connectivity index (χ0v) is 16.9. The fraction of sp³-hybridized carbons (Fsp3) is 0.286. The number of aryl methyl sites for hydroxylation is 2. The van der Waals surface area contributed by atoms with E-state index in [4.69, 9.17) is 11.6 Å². The number of nitrogens with one attached hydrogen (secondary N) is 2. The van der Waals surface area contributed by atoms with Crippen LogP contribution in [0.3, 0.4) is 0 Å². The molecule has 2 aromatic heterocycles. The number of carbonyl (C=O) groups excluding carboxylic acids is 1. The van der Waals surface area contributed by atoms with Crippen molar-refractivity contribution < 1.29 is 9.18 Å². The van der Waals surface area contributed by atoms with Crippen molar-refractivity contribution in [2.45, 2.75) is 39.2 Å². The number of rotatable bonds is 6. The monoisotopic (exact) mass is 413 g/mol. The van der Waals surface area contributed by atoms with Crippen molar-refractivity contribution in [1.82, 2.24) is 20.1 Å². The van der Waals surface area contributed by atoms with Gasteiger partial charge in [0.1, 0.15) is 0 Å². The van der Waals surface area contributed by atoms with Gasteiger partial charge in [-0.25, -0.2) is 9.07 Å². The van der Waals surface area contributed by atoms with Crippen LogP contribution >= 0.6 is 11.6 Å². The predicted molar refractivity (Wildman–Crippen MR) is 110 cm³/mol. The standard InChI is InChI=1S/C21H21ClFN5O/c1-12-8-15(9-13(2)24-12)28-16(11-20(29)25-14-6-7-14)10-19(27-28)26-18-5-3-4-17(22)21(18)23/h3-5,8-10,14H,6-7,11H2,1-2H3,(H,25,29)(H,26,27). The lowest BCUT2D eigenvalue weighted by molar-refractivity contribution is -0.120. The van der Waals surface area contributed by atoms with E-state index >= 15 is 0 Å². The van der Waals surface area contributed by atoms with Gasteiger partial charge in [-0.15, -0.1) is 5.10 Å². The number of halogens is 2. The number of hydrogen-bond acceptors (Lipinski definition) is 4. The van der Waals surface area contributed by atoms with E-state index in [-0.39, 0.29) is 29.1 Å². The van der Waals surface area contributed by atoms with Gasteiger partial charge in [0, 0.05) is 23.5 Å². The van der Waals surface area contributed by atoms with E-state index in [1.807, 2.05) is 26.0 Å². The summed E-state index contributed by atoms with van der Waals surface area (Å²) in [6, 6.07) is 10.5. The highest BCUT2D eigenvalue weighted by Gasteiger charge is 2.24. The molecule has 2 heterocycles. The second kappa shape index (κ2) is 7.83. The number of carbonyl (C=O) groups is 1. The van der Waals surface area contributed by atoms with Crippen molar-refractivity contribution in [2.75, 3.05) is 5.32 Å². The molecule has 1 aliphatic rings. The molecule has 1 fully saturated rings. The van der Waals surface area contributed by atoms with Gasteiger partial charge < -0.3 is 10.6 Å². The molecule has 6 nitrogen and oxygen atoms in total. The molecule has 0 spiro atoms. The molecule has 2 N–H and O–H groups in total. The van der Waals surface area contributed by atoms with Crippen LogP contribution in [0.1, 0.15) is 29.9 Å². The Morgan fingerprint density at radius 2 is 1.97 bits per heavy atom. The minimum absolute atomic E-state index is 0.0267. The van der Waals surface area contributed by atoms with Gasteiger partial charge in [-0.05, 0) is 51.0 Å². The van der Waals surface area contributed by atoms with E-state index in [2.05, 4.69) is 20.7 Å². The summed E-state index contributed by atoms with van der Waals surface area (Å²) in [5.74, 6) is -0.184. The maximum absolute atomic E-state index is 14.3. The summed E-state index contributed by atoms with van der Waals surface area (Å²) in [6.07, 6.45) is 2.22. The minimum atomic E-state index is -0.549. The average Bonchev–Trinajstić information content (AvgIpc) is 3.37. The van der Waals surface area contributed by atoms with Gasteiger partial charge in [0.15, 0.2) is 11.6 Å². The zero-order chi connectivity index (χ0) is 20.5. The molecule has 0 atom stereocenters. The molecule has 0 radical (unpaired) electrons. The molecule has 4 rings (SSSR count). The predicted octanol–water partition coefficient (Wildman–Crippen LogP) is 4.24. The molecule has 1 saturated carbocycles. The number of aromatic nitrogens is 3. The molecular weight excluding hydrogens is 393 g/mol. The van der Waals surface area contributed by atoms with Crippen molar-refractivity contribution in [3.05, 3.63) is 64.3 Å². The summed E-state index contributed by atoms with van der Waals surface area (Å²) < 4.78 is 16.0. The Bertz CT molecular complexity index is 1060. The third kappa shape index (κ3) is 4.56. The van der Waals surface area contributed by atoms with E-state index in [1.165, 1.54) is 6.07 Å². The molecule has 8 heteroatoms. The topological polar surface area (TPSA) is 71.8 Å². The van der Waals surface area contributed by atoms with Gasteiger partial charge in [0.05, 0.1) is 28.5 Å². The van der Waals surface area contributed by atoms with E-state index in [0.717, 1.165) is 29.9 Å². The maximum atomic E-state index is 14.3. The molecule has 3 aromatic rings. The van der Waals surface area contributed by atoms with Crippen molar-refractivity contribution >= 4 is 29.0 Å². The number of pyridine rings is 1. The van der Waals surface area contributed by atoms with Crippen molar-refractivity contribution in [1.29, 1.82) is 0 Å². The number of benzene rings is 1. The Kier molecular flexibility index (Phi) is 5.24. The number of amides is 1. The molecule has 150 valence electrons. The molecule has 1 aliphatic carbocycles. The highest BCUT2D eigenvalue weighted by atomic mass is 35.5. The van der Waals surface area contributed by atoms with Gasteiger partial charge >= 0.3 is 0 Å². The summed E-state index contributed by atoms with van der Waals surface area (Å²) in [5.41, 5.74) is 3.40. The van der Waals surface area contributed by atoms with Gasteiger partial charge in [0.25, 0.3) is 0 Å². The molecule has 0 saturated heterocycles. The third-order valence-electron chi connectivity index (χ3n) is 4.59. The average molecular weight is 414 g/mol. The van der Waals surface area contributed by atoms with Crippen LogP contribution in [0.25, 0.3) is 5.69 Å². The fourth-order valence-electron chi connectivity index (χ4n) is 3.17. The van der Waals surface area contributed by atoms with Crippen molar-refractivity contribution in [3.63, 3.8) is 0 Å². The number of nitrogens with zero attached hydrogens (tertiary/aromatic N) is 3. The van der Waals surface area contributed by atoms with Crippen molar-refractivity contribution in [2.24, 2.45) is 0 Å². The molecule has 0 aliphatic heterocycles. The molecule has 0 unspecified atom stereocenters. The summed E-state index contributed by atoms with van der Waals surface area (Å²) in [5, 5.41) is 10.5. The number of anilines is 2. The molecule has 1 amide bonds. The lowest BCUT2D eigenvalue weighted by Crippen LogP contribution is -2.27. The Balaban J connectivity index is 1.69. The first-order chi connectivity index (χ1) is 13.9. The quantitative estimate of drug-likeness (QED) is 0.634. The lowest BCUT2D eigenvalue weighted by atomic mass is 10.2. The summed E-state index contributed by atoms with van der Waals surface area (Å²) >= 11 is 5.87. The smallest absolute Gasteiger partial charge is 0.226 e. The van der Waals surface area contributed by atoms with Gasteiger partial charge in [-0.1, -0.05) is 17.7 Å². The van der Waals surface area contributed by atoms with Gasteiger partial charge in [-0.3, -0.25) is 9.78 Å².